The predicted octanol–water partition coefficient (Wildman–Crippen LogP) is 1.86. The number of rotatable bonds is 9. The lowest BCUT2D eigenvalue weighted by molar-refractivity contribution is -0.0172. The summed E-state index contributed by atoms with van der Waals surface area (Å²) in [7, 11) is 0. The van der Waals surface area contributed by atoms with Crippen LogP contribution in [0.5, 0.6) is 0 Å². The number of hydrogen-bond donors (Lipinski definition) is 2. The molecule has 1 unspecified atom stereocenters. The summed E-state index contributed by atoms with van der Waals surface area (Å²) < 4.78 is 24.2. The first-order valence-corrected chi connectivity index (χ1v) is 7.53. The summed E-state index contributed by atoms with van der Waals surface area (Å²) in [6.07, 6.45) is 1.78. The Kier molecular flexibility index (Phi) is 6.57. The quantitative estimate of drug-likeness (QED) is 0.730. The van der Waals surface area contributed by atoms with E-state index < -0.39 is 6.10 Å². The summed E-state index contributed by atoms with van der Waals surface area (Å²) in [6, 6.07) is 6.92. The van der Waals surface area contributed by atoms with Gasteiger partial charge < -0.3 is 19.9 Å². The number of halogens is 1. The van der Waals surface area contributed by atoms with Crippen molar-refractivity contribution in [2.24, 2.45) is 0 Å². The predicted molar refractivity (Wildman–Crippen MR) is 78.5 cm³/mol. The Balaban J connectivity index is 1.54. The Hall–Kier alpha value is -1.01. The molecule has 0 amide bonds. The number of aliphatic hydroxyl groups excluding tert-OH is 1. The zero-order valence-electron chi connectivity index (χ0n) is 12.4. The Morgan fingerprint density at radius 1 is 1.38 bits per heavy atom. The van der Waals surface area contributed by atoms with Gasteiger partial charge in [0.15, 0.2) is 0 Å². The van der Waals surface area contributed by atoms with Gasteiger partial charge in [-0.3, -0.25) is 0 Å². The minimum Gasteiger partial charge on any atom is -0.389 e. The zero-order chi connectivity index (χ0) is 15.1. The first kappa shape index (κ1) is 16.4. The summed E-state index contributed by atoms with van der Waals surface area (Å²) in [4.78, 5) is 0. The van der Waals surface area contributed by atoms with Crippen LogP contribution in [-0.4, -0.2) is 43.1 Å². The van der Waals surface area contributed by atoms with E-state index in [1.165, 1.54) is 6.07 Å². The van der Waals surface area contributed by atoms with Gasteiger partial charge in [0.05, 0.1) is 25.4 Å². The molecule has 0 saturated heterocycles. The number of hydrogen-bond acceptors (Lipinski definition) is 4. The van der Waals surface area contributed by atoms with Gasteiger partial charge in [0, 0.05) is 24.8 Å². The Labute approximate surface area is 125 Å². The van der Waals surface area contributed by atoms with Gasteiger partial charge in [-0.2, -0.15) is 0 Å². The second-order valence-electron chi connectivity index (χ2n) is 5.41. The molecular weight excluding hydrogens is 273 g/mol. The van der Waals surface area contributed by atoms with Crippen molar-refractivity contribution >= 4 is 0 Å². The molecule has 1 aromatic carbocycles. The number of ether oxygens (including phenoxy) is 2. The molecule has 1 aliphatic rings. The molecule has 5 heteroatoms. The average Bonchev–Trinajstić information content (AvgIpc) is 2.43. The summed E-state index contributed by atoms with van der Waals surface area (Å²) in [6.45, 7) is 3.62. The maximum Gasteiger partial charge on any atom is 0.128 e. The average molecular weight is 297 g/mol. The fourth-order valence-corrected chi connectivity index (χ4v) is 2.39. The lowest BCUT2D eigenvalue weighted by atomic mass is 9.89. The SMILES string of the molecule is CCOC1CC(NCC(O)COCc2ccccc2F)C1. The molecule has 118 valence electrons. The van der Waals surface area contributed by atoms with Gasteiger partial charge in [0.2, 0.25) is 0 Å². The Morgan fingerprint density at radius 3 is 2.86 bits per heavy atom. The van der Waals surface area contributed by atoms with Gasteiger partial charge in [0.1, 0.15) is 5.82 Å². The largest absolute Gasteiger partial charge is 0.389 e. The normalized spacial score (nSPS) is 22.8. The van der Waals surface area contributed by atoms with E-state index in [-0.39, 0.29) is 19.0 Å². The lowest BCUT2D eigenvalue weighted by Crippen LogP contribution is -2.48. The first-order chi connectivity index (χ1) is 10.2. The van der Waals surface area contributed by atoms with Gasteiger partial charge in [0.25, 0.3) is 0 Å². The van der Waals surface area contributed by atoms with Crippen molar-refractivity contribution < 1.29 is 19.0 Å². The van der Waals surface area contributed by atoms with Crippen molar-refractivity contribution in [3.05, 3.63) is 35.6 Å². The Morgan fingerprint density at radius 2 is 2.14 bits per heavy atom. The maximum atomic E-state index is 13.4. The van der Waals surface area contributed by atoms with Crippen LogP contribution in [0.25, 0.3) is 0 Å². The molecule has 0 aliphatic heterocycles. The lowest BCUT2D eigenvalue weighted by Gasteiger charge is -2.36. The van der Waals surface area contributed by atoms with Crippen LogP contribution in [0.4, 0.5) is 4.39 Å². The molecule has 1 atom stereocenters. The highest BCUT2D eigenvalue weighted by Gasteiger charge is 2.29. The Bertz CT molecular complexity index is 424. The van der Waals surface area contributed by atoms with Crippen LogP contribution in [-0.2, 0) is 16.1 Å². The molecule has 1 aromatic rings. The van der Waals surface area contributed by atoms with Crippen molar-refractivity contribution in [3.8, 4) is 0 Å². The molecule has 21 heavy (non-hydrogen) atoms. The highest BCUT2D eigenvalue weighted by atomic mass is 19.1. The van der Waals surface area contributed by atoms with Crippen molar-refractivity contribution in [3.63, 3.8) is 0 Å². The number of benzene rings is 1. The molecular formula is C16H24FNO3. The number of nitrogens with one attached hydrogen (secondary N) is 1. The third-order valence-electron chi connectivity index (χ3n) is 3.66. The molecule has 1 fully saturated rings. The fraction of sp³-hybridized carbons (Fsp3) is 0.625. The molecule has 2 N–H and O–H groups in total. The van der Waals surface area contributed by atoms with E-state index in [0.29, 0.717) is 24.3 Å². The molecule has 1 aliphatic carbocycles. The standard InChI is InChI=1S/C16H24FNO3/c1-2-21-15-7-13(8-15)18-9-14(19)11-20-10-12-5-3-4-6-16(12)17/h3-6,13-15,18-19H,2,7-11H2,1H3. The highest BCUT2D eigenvalue weighted by Crippen LogP contribution is 2.22. The van der Waals surface area contributed by atoms with E-state index in [1.54, 1.807) is 18.2 Å². The zero-order valence-corrected chi connectivity index (χ0v) is 12.4. The monoisotopic (exact) mass is 297 g/mol. The van der Waals surface area contributed by atoms with E-state index in [2.05, 4.69) is 5.32 Å². The van der Waals surface area contributed by atoms with Crippen molar-refractivity contribution in [2.75, 3.05) is 19.8 Å². The van der Waals surface area contributed by atoms with Crippen molar-refractivity contribution in [2.45, 2.75) is 44.6 Å². The van der Waals surface area contributed by atoms with E-state index in [9.17, 15) is 9.50 Å². The third kappa shape index (κ3) is 5.36. The molecule has 2 rings (SSSR count). The van der Waals surface area contributed by atoms with Crippen molar-refractivity contribution in [1.82, 2.24) is 5.32 Å². The van der Waals surface area contributed by atoms with Crippen LogP contribution >= 0.6 is 0 Å². The van der Waals surface area contributed by atoms with E-state index in [1.807, 2.05) is 6.92 Å². The molecule has 1 saturated carbocycles. The summed E-state index contributed by atoms with van der Waals surface area (Å²) in [5, 5.41) is 13.1. The van der Waals surface area contributed by atoms with E-state index in [4.69, 9.17) is 9.47 Å². The second-order valence-corrected chi connectivity index (χ2v) is 5.41. The molecule has 0 bridgehead atoms. The van der Waals surface area contributed by atoms with Gasteiger partial charge in [-0.1, -0.05) is 18.2 Å². The van der Waals surface area contributed by atoms with Gasteiger partial charge >= 0.3 is 0 Å². The van der Waals surface area contributed by atoms with Gasteiger partial charge in [-0.25, -0.2) is 4.39 Å². The molecule has 0 spiro atoms. The van der Waals surface area contributed by atoms with Crippen LogP contribution in [0.3, 0.4) is 0 Å². The second kappa shape index (κ2) is 8.44. The third-order valence-corrected chi connectivity index (χ3v) is 3.66. The minimum absolute atomic E-state index is 0.180. The van der Waals surface area contributed by atoms with Gasteiger partial charge in [-0.15, -0.1) is 0 Å². The molecule has 0 radical (unpaired) electrons. The number of aliphatic hydroxyl groups is 1. The maximum absolute atomic E-state index is 13.4. The topological polar surface area (TPSA) is 50.7 Å². The van der Waals surface area contributed by atoms with Crippen LogP contribution in [0.2, 0.25) is 0 Å². The van der Waals surface area contributed by atoms with Crippen molar-refractivity contribution in [1.29, 1.82) is 0 Å². The van der Waals surface area contributed by atoms with E-state index >= 15 is 0 Å². The highest BCUT2D eigenvalue weighted by molar-refractivity contribution is 5.16. The molecule has 4 nitrogen and oxygen atoms in total. The smallest absolute Gasteiger partial charge is 0.128 e. The first-order valence-electron chi connectivity index (χ1n) is 7.53. The molecule has 0 heterocycles. The van der Waals surface area contributed by atoms with Crippen LogP contribution in [0.1, 0.15) is 25.3 Å². The molecule has 0 aromatic heterocycles. The summed E-state index contributed by atoms with van der Waals surface area (Å²) >= 11 is 0. The van der Waals surface area contributed by atoms with Gasteiger partial charge in [-0.05, 0) is 25.8 Å². The summed E-state index contributed by atoms with van der Waals surface area (Å²) in [5.74, 6) is -0.276. The van der Waals surface area contributed by atoms with Crippen LogP contribution in [0, 0.1) is 5.82 Å². The van der Waals surface area contributed by atoms with Crippen LogP contribution < -0.4 is 5.32 Å². The minimum atomic E-state index is -0.581. The van der Waals surface area contributed by atoms with E-state index in [0.717, 1.165) is 19.4 Å². The van der Waals surface area contributed by atoms with Crippen LogP contribution in [0.15, 0.2) is 24.3 Å². The fourth-order valence-electron chi connectivity index (χ4n) is 2.39. The summed E-state index contributed by atoms with van der Waals surface area (Å²) in [5.41, 5.74) is 0.510.